The molecule has 0 aromatic carbocycles. The van der Waals surface area contributed by atoms with Crippen LogP contribution in [-0.2, 0) is 4.79 Å². The van der Waals surface area contributed by atoms with E-state index >= 15 is 0 Å². The third-order valence-corrected chi connectivity index (χ3v) is 2.45. The Hall–Kier alpha value is -1.24. The second kappa shape index (κ2) is 4.13. The molecule has 1 rings (SSSR count). The monoisotopic (exact) mass is 201 g/mol. The van der Waals surface area contributed by atoms with Crippen LogP contribution in [0.5, 0.6) is 0 Å². The number of thioether (sulfide) groups is 1. The summed E-state index contributed by atoms with van der Waals surface area (Å²) in [4.78, 5) is 11.3. The Morgan fingerprint density at radius 3 is 3.00 bits per heavy atom. The number of nitrogens with two attached hydrogens (primary N) is 1. The van der Waals surface area contributed by atoms with E-state index in [0.29, 0.717) is 0 Å². The van der Waals surface area contributed by atoms with Gasteiger partial charge in [0.15, 0.2) is 0 Å². The van der Waals surface area contributed by atoms with Crippen LogP contribution in [0.3, 0.4) is 0 Å². The molecule has 0 saturated carbocycles. The maximum absolute atomic E-state index is 11.3. The Morgan fingerprint density at radius 2 is 2.54 bits per heavy atom. The largest absolute Gasteiger partial charge is 0.366 e. The molecule has 6 nitrogen and oxygen atoms in total. The summed E-state index contributed by atoms with van der Waals surface area (Å²) in [5.74, 6) is 0.0423. The second-order valence-corrected chi connectivity index (χ2v) is 3.59. The van der Waals surface area contributed by atoms with Crippen LogP contribution in [0.2, 0.25) is 0 Å². The number of rotatable bonds is 3. The summed E-state index contributed by atoms with van der Waals surface area (Å²) >= 11 is 1.45. The van der Waals surface area contributed by atoms with E-state index in [2.05, 4.69) is 15.6 Å². The Morgan fingerprint density at radius 1 is 1.85 bits per heavy atom. The van der Waals surface area contributed by atoms with Gasteiger partial charge in [0.1, 0.15) is 6.33 Å². The van der Waals surface area contributed by atoms with Gasteiger partial charge in [0.05, 0.1) is 5.25 Å². The van der Waals surface area contributed by atoms with Gasteiger partial charge < -0.3 is 5.73 Å². The zero-order valence-corrected chi connectivity index (χ0v) is 8.21. The fourth-order valence-corrected chi connectivity index (χ4v) is 0.914. The summed E-state index contributed by atoms with van der Waals surface area (Å²) in [5.41, 5.74) is 7.95. The number of amides is 1. The van der Waals surface area contributed by atoms with Crippen LogP contribution < -0.4 is 11.2 Å². The maximum Gasteiger partial charge on any atom is 0.251 e. The number of carbonyl (C=O) groups is 1. The minimum atomic E-state index is -0.126. The predicted molar refractivity (Wildman–Crippen MR) is 51.8 cm³/mol. The number of anilines is 1. The van der Waals surface area contributed by atoms with Crippen molar-refractivity contribution < 1.29 is 4.79 Å². The molecule has 1 amide bonds. The van der Waals surface area contributed by atoms with Crippen molar-refractivity contribution in [3.8, 4) is 0 Å². The van der Waals surface area contributed by atoms with Crippen LogP contribution >= 0.6 is 11.8 Å². The molecule has 1 unspecified atom stereocenters. The lowest BCUT2D eigenvalue weighted by atomic mass is 10.5. The van der Waals surface area contributed by atoms with E-state index in [9.17, 15) is 4.79 Å². The number of carbonyl (C=O) groups excluding carboxylic acids is 1. The standard InChI is InChI=1S/C6H11N5OS/c1-4(13-2)5(12)10-11-3-8-9-6(11)7/h3-4H,1-2H3,(H2,7,9)(H,10,12). The molecular weight excluding hydrogens is 190 g/mol. The molecule has 1 aromatic rings. The van der Waals surface area contributed by atoms with Gasteiger partial charge in [0.25, 0.3) is 5.91 Å². The molecule has 1 aromatic heterocycles. The number of hydrogen-bond donors (Lipinski definition) is 2. The van der Waals surface area contributed by atoms with E-state index < -0.39 is 0 Å². The molecule has 0 radical (unpaired) electrons. The van der Waals surface area contributed by atoms with E-state index in [4.69, 9.17) is 5.73 Å². The first-order valence-electron chi connectivity index (χ1n) is 3.64. The highest BCUT2D eigenvalue weighted by Crippen LogP contribution is 2.05. The van der Waals surface area contributed by atoms with Crippen molar-refractivity contribution in [3.63, 3.8) is 0 Å². The molecule has 0 aliphatic rings. The lowest BCUT2D eigenvalue weighted by Gasteiger charge is -2.09. The Bertz CT molecular complexity index is 299. The van der Waals surface area contributed by atoms with Crippen LogP contribution in [0.25, 0.3) is 0 Å². The highest BCUT2D eigenvalue weighted by Gasteiger charge is 2.12. The van der Waals surface area contributed by atoms with Gasteiger partial charge in [-0.1, -0.05) is 0 Å². The lowest BCUT2D eigenvalue weighted by molar-refractivity contribution is -0.116. The van der Waals surface area contributed by atoms with Crippen molar-refractivity contribution in [1.29, 1.82) is 0 Å². The third kappa shape index (κ3) is 2.35. The average Bonchev–Trinajstić information content (AvgIpc) is 2.50. The number of hydrogen-bond acceptors (Lipinski definition) is 5. The Balaban J connectivity index is 2.60. The molecule has 0 bridgehead atoms. The Labute approximate surface area is 79.9 Å². The van der Waals surface area contributed by atoms with Crippen molar-refractivity contribution >= 4 is 23.6 Å². The van der Waals surface area contributed by atoms with Crippen molar-refractivity contribution in [2.75, 3.05) is 17.4 Å². The first-order valence-corrected chi connectivity index (χ1v) is 4.93. The lowest BCUT2D eigenvalue weighted by Crippen LogP contribution is -2.30. The number of nitrogen functional groups attached to an aromatic ring is 1. The SMILES string of the molecule is CSC(C)C(=O)Nn1cnnc1N. The Kier molecular flexibility index (Phi) is 3.13. The summed E-state index contributed by atoms with van der Waals surface area (Å²) in [6.07, 6.45) is 3.21. The van der Waals surface area contributed by atoms with Crippen molar-refractivity contribution in [1.82, 2.24) is 14.9 Å². The summed E-state index contributed by atoms with van der Waals surface area (Å²) in [6, 6.07) is 0. The van der Waals surface area contributed by atoms with Gasteiger partial charge >= 0.3 is 0 Å². The first kappa shape index (κ1) is 9.85. The van der Waals surface area contributed by atoms with Crippen molar-refractivity contribution in [2.24, 2.45) is 0 Å². The molecule has 1 heterocycles. The van der Waals surface area contributed by atoms with E-state index in [1.54, 1.807) is 6.92 Å². The summed E-state index contributed by atoms with van der Waals surface area (Å²) in [7, 11) is 0. The van der Waals surface area contributed by atoms with E-state index in [-0.39, 0.29) is 17.1 Å². The molecule has 13 heavy (non-hydrogen) atoms. The number of nitrogens with one attached hydrogen (secondary N) is 1. The van der Waals surface area contributed by atoms with E-state index in [0.717, 1.165) is 0 Å². The number of aromatic nitrogens is 3. The molecule has 1 atom stereocenters. The summed E-state index contributed by atoms with van der Waals surface area (Å²) in [6.45, 7) is 1.81. The minimum absolute atomic E-state index is 0.123. The van der Waals surface area contributed by atoms with Gasteiger partial charge in [-0.2, -0.15) is 11.8 Å². The van der Waals surface area contributed by atoms with Gasteiger partial charge in [-0.3, -0.25) is 10.2 Å². The van der Waals surface area contributed by atoms with Gasteiger partial charge in [-0.25, -0.2) is 4.68 Å². The summed E-state index contributed by atoms with van der Waals surface area (Å²) < 4.78 is 1.29. The topological polar surface area (TPSA) is 85.8 Å². The van der Waals surface area contributed by atoms with Gasteiger partial charge in [0, 0.05) is 0 Å². The third-order valence-electron chi connectivity index (χ3n) is 1.53. The van der Waals surface area contributed by atoms with Gasteiger partial charge in [0.2, 0.25) is 5.95 Å². The molecule has 72 valence electrons. The molecule has 0 aliphatic carbocycles. The van der Waals surface area contributed by atoms with Crippen LogP contribution in [0.1, 0.15) is 6.92 Å². The molecule has 3 N–H and O–H groups in total. The zero-order valence-electron chi connectivity index (χ0n) is 7.39. The fourth-order valence-electron chi connectivity index (χ4n) is 0.647. The molecule has 0 aliphatic heterocycles. The van der Waals surface area contributed by atoms with Crippen molar-refractivity contribution in [2.45, 2.75) is 12.2 Å². The smallest absolute Gasteiger partial charge is 0.251 e. The fraction of sp³-hybridized carbons (Fsp3) is 0.500. The summed E-state index contributed by atoms with van der Waals surface area (Å²) in [5, 5.41) is 6.93. The molecule has 0 saturated heterocycles. The highest BCUT2D eigenvalue weighted by molar-refractivity contribution is 7.99. The zero-order chi connectivity index (χ0) is 9.84. The molecule has 7 heteroatoms. The van der Waals surface area contributed by atoms with E-state index in [1.807, 2.05) is 6.26 Å². The normalized spacial score (nSPS) is 12.5. The maximum atomic E-state index is 11.3. The molecule has 0 spiro atoms. The van der Waals surface area contributed by atoms with Crippen LogP contribution in [0.4, 0.5) is 5.95 Å². The minimum Gasteiger partial charge on any atom is -0.366 e. The first-order chi connectivity index (χ1) is 6.15. The highest BCUT2D eigenvalue weighted by atomic mass is 32.2. The van der Waals surface area contributed by atoms with E-state index in [1.165, 1.54) is 22.8 Å². The van der Waals surface area contributed by atoms with Crippen LogP contribution in [0.15, 0.2) is 6.33 Å². The van der Waals surface area contributed by atoms with Gasteiger partial charge in [-0.15, -0.1) is 10.2 Å². The predicted octanol–water partition coefficient (Wildman–Crippen LogP) is -0.318. The van der Waals surface area contributed by atoms with Crippen LogP contribution in [-0.4, -0.2) is 32.3 Å². The van der Waals surface area contributed by atoms with Crippen LogP contribution in [0, 0.1) is 0 Å². The van der Waals surface area contributed by atoms with Crippen molar-refractivity contribution in [3.05, 3.63) is 6.33 Å². The average molecular weight is 201 g/mol. The number of nitrogens with zero attached hydrogens (tertiary/aromatic N) is 3. The van der Waals surface area contributed by atoms with Gasteiger partial charge in [-0.05, 0) is 13.2 Å². The second-order valence-electron chi connectivity index (χ2n) is 2.41. The molecular formula is C6H11N5OS. The molecule has 0 fully saturated rings. The quantitative estimate of drug-likeness (QED) is 0.700.